The number of benzene rings is 1. The van der Waals surface area contributed by atoms with Crippen molar-refractivity contribution < 1.29 is 9.59 Å². The zero-order chi connectivity index (χ0) is 14.1. The molecule has 0 saturated heterocycles. The molecule has 0 aliphatic heterocycles. The maximum atomic E-state index is 10.8. The minimum Gasteiger partial charge on any atom is -0.310 e. The summed E-state index contributed by atoms with van der Waals surface area (Å²) in [6, 6.07) is 8.10. The summed E-state index contributed by atoms with van der Waals surface area (Å²) in [6.07, 6.45) is 3.52. The molecule has 0 amide bonds. The number of nitrogens with one attached hydrogen (secondary N) is 1. The second-order valence-electron chi connectivity index (χ2n) is 4.62. The van der Waals surface area contributed by atoms with Crippen molar-refractivity contribution in [2.45, 2.75) is 38.6 Å². The molecule has 0 aliphatic rings. The molecule has 0 spiro atoms. The number of hydrogen-bond acceptors (Lipinski definition) is 3. The van der Waals surface area contributed by atoms with Crippen LogP contribution in [0, 0.1) is 0 Å². The Morgan fingerprint density at radius 1 is 1.26 bits per heavy atom. The summed E-state index contributed by atoms with van der Waals surface area (Å²) < 4.78 is 0. The molecule has 1 rings (SSSR count). The summed E-state index contributed by atoms with van der Waals surface area (Å²) >= 11 is 5.84. The van der Waals surface area contributed by atoms with Crippen molar-refractivity contribution in [3.05, 3.63) is 34.9 Å². The molecule has 4 heteroatoms. The second-order valence-corrected chi connectivity index (χ2v) is 5.06. The summed E-state index contributed by atoms with van der Waals surface area (Å²) in [5.74, 6) is -0.303. The molecular weight excluding hydrogens is 262 g/mol. The lowest BCUT2D eigenvalue weighted by Crippen LogP contribution is -2.19. The van der Waals surface area contributed by atoms with E-state index in [1.54, 1.807) is 0 Å². The van der Waals surface area contributed by atoms with Gasteiger partial charge in [0.15, 0.2) is 12.1 Å². The van der Waals surface area contributed by atoms with Gasteiger partial charge in [-0.1, -0.05) is 30.2 Å². The van der Waals surface area contributed by atoms with Crippen LogP contribution >= 0.6 is 11.6 Å². The molecule has 1 N–H and O–H groups in total. The number of carbonyl (C=O) groups is 2. The SMILES string of the molecule is CC(NCCCCCC(=O)C=O)c1ccc(Cl)cc1. The van der Waals surface area contributed by atoms with Gasteiger partial charge >= 0.3 is 0 Å². The van der Waals surface area contributed by atoms with Gasteiger partial charge in [0, 0.05) is 17.5 Å². The summed E-state index contributed by atoms with van der Waals surface area (Å²) in [7, 11) is 0. The van der Waals surface area contributed by atoms with E-state index in [0.717, 1.165) is 30.8 Å². The Bertz CT molecular complexity index is 403. The van der Waals surface area contributed by atoms with Crippen molar-refractivity contribution >= 4 is 23.7 Å². The van der Waals surface area contributed by atoms with Crippen molar-refractivity contribution in [3.8, 4) is 0 Å². The molecule has 0 aromatic heterocycles. The third-order valence-electron chi connectivity index (χ3n) is 3.05. The van der Waals surface area contributed by atoms with Crippen molar-refractivity contribution in [3.63, 3.8) is 0 Å². The third-order valence-corrected chi connectivity index (χ3v) is 3.30. The Balaban J connectivity index is 2.13. The lowest BCUT2D eigenvalue weighted by atomic mass is 10.1. The molecule has 1 unspecified atom stereocenters. The molecule has 0 aliphatic carbocycles. The lowest BCUT2D eigenvalue weighted by Gasteiger charge is -2.14. The second kappa shape index (κ2) is 8.83. The molecule has 1 aromatic rings. The average Bonchev–Trinajstić information content (AvgIpc) is 2.42. The van der Waals surface area contributed by atoms with Crippen LogP contribution in [0.25, 0.3) is 0 Å². The molecule has 1 aromatic carbocycles. The lowest BCUT2D eigenvalue weighted by molar-refractivity contribution is -0.129. The molecule has 0 heterocycles. The summed E-state index contributed by atoms with van der Waals surface area (Å²) in [5.41, 5.74) is 1.21. The van der Waals surface area contributed by atoms with Crippen LogP contribution in [0.2, 0.25) is 5.02 Å². The van der Waals surface area contributed by atoms with Crippen molar-refractivity contribution in [1.82, 2.24) is 5.32 Å². The number of ketones is 1. The quantitative estimate of drug-likeness (QED) is 0.429. The largest absolute Gasteiger partial charge is 0.310 e. The molecule has 1 atom stereocenters. The Labute approximate surface area is 119 Å². The van der Waals surface area contributed by atoms with Crippen molar-refractivity contribution in [1.29, 1.82) is 0 Å². The normalized spacial score (nSPS) is 12.1. The van der Waals surface area contributed by atoms with E-state index >= 15 is 0 Å². The van der Waals surface area contributed by atoms with Crippen LogP contribution in [0.4, 0.5) is 0 Å². The highest BCUT2D eigenvalue weighted by molar-refractivity contribution is 6.30. The van der Waals surface area contributed by atoms with E-state index in [1.165, 1.54) is 5.56 Å². The molecular formula is C15H20ClNO2. The van der Waals surface area contributed by atoms with Gasteiger partial charge in [-0.15, -0.1) is 0 Å². The van der Waals surface area contributed by atoms with Gasteiger partial charge in [-0.25, -0.2) is 0 Å². The first-order chi connectivity index (χ1) is 9.13. The summed E-state index contributed by atoms with van der Waals surface area (Å²) in [4.78, 5) is 20.9. The van der Waals surface area contributed by atoms with Gasteiger partial charge in [0.2, 0.25) is 0 Å². The van der Waals surface area contributed by atoms with Gasteiger partial charge in [-0.05, 0) is 44.0 Å². The first-order valence-electron chi connectivity index (χ1n) is 6.60. The van der Waals surface area contributed by atoms with Crippen LogP contribution in [0.1, 0.15) is 44.2 Å². The molecule has 3 nitrogen and oxygen atoms in total. The molecule has 104 valence electrons. The number of aldehydes is 1. The zero-order valence-corrected chi connectivity index (χ0v) is 12.0. The smallest absolute Gasteiger partial charge is 0.195 e. The van der Waals surface area contributed by atoms with Crippen molar-refractivity contribution in [2.24, 2.45) is 0 Å². The fourth-order valence-electron chi connectivity index (χ4n) is 1.85. The summed E-state index contributed by atoms with van der Waals surface area (Å²) in [5, 5.41) is 4.17. The van der Waals surface area contributed by atoms with E-state index < -0.39 is 0 Å². The van der Waals surface area contributed by atoms with Gasteiger partial charge in [0.25, 0.3) is 0 Å². The molecule has 0 bridgehead atoms. The van der Waals surface area contributed by atoms with Crippen LogP contribution in [-0.2, 0) is 9.59 Å². The van der Waals surface area contributed by atoms with Gasteiger partial charge in [0.05, 0.1) is 0 Å². The Hall–Kier alpha value is -1.19. The van der Waals surface area contributed by atoms with Crippen LogP contribution in [-0.4, -0.2) is 18.6 Å². The number of rotatable bonds is 9. The first-order valence-corrected chi connectivity index (χ1v) is 6.98. The van der Waals surface area contributed by atoms with E-state index in [0.29, 0.717) is 12.7 Å². The maximum absolute atomic E-state index is 10.8. The van der Waals surface area contributed by atoms with Crippen LogP contribution in [0.3, 0.4) is 0 Å². The standard InChI is InChI=1S/C15H20ClNO2/c1-12(13-6-8-14(16)9-7-13)17-10-4-2-3-5-15(19)11-18/h6-9,11-12,17H,2-5,10H2,1H3. The zero-order valence-electron chi connectivity index (χ0n) is 11.2. The van der Waals surface area contributed by atoms with E-state index in [9.17, 15) is 9.59 Å². The topological polar surface area (TPSA) is 46.2 Å². The number of hydrogen-bond donors (Lipinski definition) is 1. The summed E-state index contributed by atoms with van der Waals surface area (Å²) in [6.45, 7) is 3.01. The maximum Gasteiger partial charge on any atom is 0.195 e. The highest BCUT2D eigenvalue weighted by Gasteiger charge is 2.04. The first kappa shape index (κ1) is 15.9. The van der Waals surface area contributed by atoms with Gasteiger partial charge in [0.1, 0.15) is 0 Å². The predicted octanol–water partition coefficient (Wildman–Crippen LogP) is 3.32. The highest BCUT2D eigenvalue weighted by Crippen LogP contribution is 2.16. The Morgan fingerprint density at radius 3 is 2.58 bits per heavy atom. The molecule has 0 saturated carbocycles. The van der Waals surface area contributed by atoms with E-state index in [4.69, 9.17) is 11.6 Å². The van der Waals surface area contributed by atoms with E-state index in [-0.39, 0.29) is 11.8 Å². The van der Waals surface area contributed by atoms with Crippen LogP contribution < -0.4 is 5.32 Å². The molecule has 0 radical (unpaired) electrons. The van der Waals surface area contributed by atoms with Gasteiger partial charge in [-0.2, -0.15) is 0 Å². The molecule has 19 heavy (non-hydrogen) atoms. The predicted molar refractivity (Wildman–Crippen MR) is 77.4 cm³/mol. The van der Waals surface area contributed by atoms with Crippen LogP contribution in [0.15, 0.2) is 24.3 Å². The number of Topliss-reactive ketones (excluding diaryl/α,β-unsaturated/α-hetero) is 1. The highest BCUT2D eigenvalue weighted by atomic mass is 35.5. The fourth-order valence-corrected chi connectivity index (χ4v) is 1.97. The number of unbranched alkanes of at least 4 members (excludes halogenated alkanes) is 2. The number of halogens is 1. The Morgan fingerprint density at radius 2 is 1.95 bits per heavy atom. The Kier molecular flexibility index (Phi) is 7.38. The number of carbonyl (C=O) groups excluding carboxylic acids is 2. The minimum atomic E-state index is -0.303. The monoisotopic (exact) mass is 281 g/mol. The van der Waals surface area contributed by atoms with Crippen molar-refractivity contribution in [2.75, 3.05) is 6.54 Å². The average molecular weight is 282 g/mol. The minimum absolute atomic E-state index is 0.286. The van der Waals surface area contributed by atoms with E-state index in [1.807, 2.05) is 24.3 Å². The van der Waals surface area contributed by atoms with Gasteiger partial charge in [-0.3, -0.25) is 9.59 Å². The molecule has 0 fully saturated rings. The van der Waals surface area contributed by atoms with Gasteiger partial charge < -0.3 is 5.32 Å². The third kappa shape index (κ3) is 6.50. The van der Waals surface area contributed by atoms with Crippen LogP contribution in [0.5, 0.6) is 0 Å². The van der Waals surface area contributed by atoms with E-state index in [2.05, 4.69) is 12.2 Å². The fraction of sp³-hybridized carbons (Fsp3) is 0.467.